The lowest BCUT2D eigenvalue weighted by Gasteiger charge is -2.07. The van der Waals surface area contributed by atoms with Gasteiger partial charge in [0.2, 0.25) is 0 Å². The van der Waals surface area contributed by atoms with Crippen molar-refractivity contribution >= 4 is 11.9 Å². The van der Waals surface area contributed by atoms with Gasteiger partial charge in [-0.25, -0.2) is 9.59 Å². The van der Waals surface area contributed by atoms with Crippen LogP contribution in [0.4, 0.5) is 0 Å². The number of aliphatic carboxylic acids is 2. The van der Waals surface area contributed by atoms with E-state index in [4.69, 9.17) is 20.4 Å². The smallest absolute Gasteiger partial charge is 0.335 e. The molecular weight excluding hydrogens is 288 g/mol. The standard InChI is InChI=1S/C12H10.C4H6O6/c1-3-7-11(8-4-1)12-9-5-2-6-10-12;5-1(3(7)8)2(6)4(9)10/h1-10H;1-2,5-6H,(H,7,8)(H,9,10). The Labute approximate surface area is 126 Å². The normalized spacial score (nSPS) is 12.5. The molecule has 22 heavy (non-hydrogen) atoms. The Morgan fingerprint density at radius 1 is 0.636 bits per heavy atom. The summed E-state index contributed by atoms with van der Waals surface area (Å²) in [6.07, 6.45) is -4.53. The SMILES string of the molecule is O=C(O)C(O)C(O)C(=O)O.c1ccc(-c2ccccc2)cc1. The van der Waals surface area contributed by atoms with Gasteiger partial charge in [-0.15, -0.1) is 0 Å². The fourth-order valence-electron chi connectivity index (χ4n) is 1.53. The molecule has 0 amide bonds. The Morgan fingerprint density at radius 2 is 0.909 bits per heavy atom. The molecule has 0 aromatic heterocycles. The Balaban J connectivity index is 0.000000225. The molecule has 2 aromatic rings. The molecule has 0 radical (unpaired) electrons. The van der Waals surface area contributed by atoms with Crippen LogP contribution < -0.4 is 0 Å². The molecule has 0 heterocycles. The van der Waals surface area contributed by atoms with E-state index in [-0.39, 0.29) is 0 Å². The van der Waals surface area contributed by atoms with E-state index >= 15 is 0 Å². The van der Waals surface area contributed by atoms with Gasteiger partial charge in [0.25, 0.3) is 0 Å². The Hall–Kier alpha value is -2.70. The zero-order chi connectivity index (χ0) is 16.5. The van der Waals surface area contributed by atoms with Crippen molar-refractivity contribution in [1.29, 1.82) is 0 Å². The van der Waals surface area contributed by atoms with E-state index in [9.17, 15) is 9.59 Å². The molecule has 6 heteroatoms. The third-order valence-electron chi connectivity index (χ3n) is 2.69. The van der Waals surface area contributed by atoms with Crippen LogP contribution in [-0.2, 0) is 9.59 Å². The average molecular weight is 304 g/mol. The van der Waals surface area contributed by atoms with E-state index < -0.39 is 24.1 Å². The zero-order valence-electron chi connectivity index (χ0n) is 11.5. The first-order chi connectivity index (χ1) is 10.4. The second-order valence-corrected chi connectivity index (χ2v) is 4.30. The lowest BCUT2D eigenvalue weighted by atomic mass is 10.1. The summed E-state index contributed by atoms with van der Waals surface area (Å²) in [4.78, 5) is 19.5. The van der Waals surface area contributed by atoms with Gasteiger partial charge in [0, 0.05) is 0 Å². The fraction of sp³-hybridized carbons (Fsp3) is 0.125. The van der Waals surface area contributed by atoms with Crippen LogP contribution in [0.5, 0.6) is 0 Å². The van der Waals surface area contributed by atoms with E-state index in [1.54, 1.807) is 0 Å². The minimum atomic E-state index is -2.27. The molecule has 0 aliphatic rings. The first-order valence-corrected chi connectivity index (χ1v) is 6.35. The average Bonchev–Trinajstić information content (AvgIpc) is 2.55. The molecule has 0 fully saturated rings. The molecule has 0 saturated carbocycles. The van der Waals surface area contributed by atoms with Crippen molar-refractivity contribution in [3.05, 3.63) is 60.7 Å². The second-order valence-electron chi connectivity index (χ2n) is 4.30. The van der Waals surface area contributed by atoms with Gasteiger partial charge in [-0.2, -0.15) is 0 Å². The summed E-state index contributed by atoms with van der Waals surface area (Å²) < 4.78 is 0. The largest absolute Gasteiger partial charge is 0.479 e. The number of carboxylic acids is 2. The van der Waals surface area contributed by atoms with E-state index in [0.717, 1.165) is 0 Å². The predicted molar refractivity (Wildman–Crippen MR) is 79.2 cm³/mol. The van der Waals surface area contributed by atoms with Crippen LogP contribution in [0.2, 0.25) is 0 Å². The maximum Gasteiger partial charge on any atom is 0.335 e. The number of carboxylic acid groups (broad SMARTS) is 2. The minimum Gasteiger partial charge on any atom is -0.479 e. The van der Waals surface area contributed by atoms with Crippen molar-refractivity contribution in [1.82, 2.24) is 0 Å². The molecule has 2 atom stereocenters. The zero-order valence-corrected chi connectivity index (χ0v) is 11.5. The first kappa shape index (κ1) is 17.4. The second kappa shape index (κ2) is 8.56. The molecule has 0 spiro atoms. The lowest BCUT2D eigenvalue weighted by molar-refractivity contribution is -0.165. The van der Waals surface area contributed by atoms with Gasteiger partial charge in [0.05, 0.1) is 0 Å². The van der Waals surface area contributed by atoms with Gasteiger partial charge in [0.15, 0.2) is 12.2 Å². The van der Waals surface area contributed by atoms with E-state index in [0.29, 0.717) is 0 Å². The minimum absolute atomic E-state index is 1.28. The third-order valence-corrected chi connectivity index (χ3v) is 2.69. The van der Waals surface area contributed by atoms with Crippen LogP contribution in [0.3, 0.4) is 0 Å². The molecule has 2 rings (SSSR count). The van der Waals surface area contributed by atoms with Crippen molar-refractivity contribution in [2.45, 2.75) is 12.2 Å². The maximum absolute atomic E-state index is 9.77. The van der Waals surface area contributed by atoms with Crippen molar-refractivity contribution in [3.8, 4) is 11.1 Å². The van der Waals surface area contributed by atoms with Crippen molar-refractivity contribution in [3.63, 3.8) is 0 Å². The summed E-state index contributed by atoms with van der Waals surface area (Å²) in [6.45, 7) is 0. The fourth-order valence-corrected chi connectivity index (χ4v) is 1.53. The molecule has 0 aliphatic heterocycles. The van der Waals surface area contributed by atoms with E-state index in [1.165, 1.54) is 11.1 Å². The monoisotopic (exact) mass is 304 g/mol. The number of hydrogen-bond donors (Lipinski definition) is 4. The summed E-state index contributed by atoms with van der Waals surface area (Å²) in [7, 11) is 0. The Bertz CT molecular complexity index is 541. The summed E-state index contributed by atoms with van der Waals surface area (Å²) in [5.74, 6) is -3.54. The van der Waals surface area contributed by atoms with Gasteiger partial charge in [-0.05, 0) is 11.1 Å². The Morgan fingerprint density at radius 3 is 1.14 bits per heavy atom. The van der Waals surface area contributed by atoms with Crippen molar-refractivity contribution in [2.75, 3.05) is 0 Å². The molecular formula is C16H16O6. The summed E-state index contributed by atoms with van der Waals surface area (Å²) in [5, 5.41) is 32.5. The van der Waals surface area contributed by atoms with Gasteiger partial charge in [-0.1, -0.05) is 60.7 Å². The van der Waals surface area contributed by atoms with Gasteiger partial charge in [-0.3, -0.25) is 0 Å². The summed E-state index contributed by atoms with van der Waals surface area (Å²) in [5.41, 5.74) is 2.55. The molecule has 2 unspecified atom stereocenters. The molecule has 6 nitrogen and oxygen atoms in total. The number of aliphatic hydroxyl groups excluding tert-OH is 2. The highest BCUT2D eigenvalue weighted by molar-refractivity contribution is 5.83. The maximum atomic E-state index is 9.77. The number of hydrogen-bond acceptors (Lipinski definition) is 4. The van der Waals surface area contributed by atoms with Crippen molar-refractivity contribution < 1.29 is 30.0 Å². The van der Waals surface area contributed by atoms with Gasteiger partial charge in [0.1, 0.15) is 0 Å². The van der Waals surface area contributed by atoms with Gasteiger partial charge >= 0.3 is 11.9 Å². The number of aliphatic hydroxyl groups is 2. The Kier molecular flexibility index (Phi) is 6.75. The van der Waals surface area contributed by atoms with Crippen LogP contribution in [0.1, 0.15) is 0 Å². The number of benzene rings is 2. The highest BCUT2D eigenvalue weighted by Gasteiger charge is 2.29. The quantitative estimate of drug-likeness (QED) is 0.675. The van der Waals surface area contributed by atoms with Crippen molar-refractivity contribution in [2.24, 2.45) is 0 Å². The third kappa shape index (κ3) is 5.35. The molecule has 4 N–H and O–H groups in total. The lowest BCUT2D eigenvalue weighted by Crippen LogP contribution is -2.39. The predicted octanol–water partition coefficient (Wildman–Crippen LogP) is 1.23. The molecule has 116 valence electrons. The first-order valence-electron chi connectivity index (χ1n) is 6.35. The highest BCUT2D eigenvalue weighted by atomic mass is 16.4. The molecule has 0 bridgehead atoms. The molecule has 0 saturated heterocycles. The van der Waals surface area contributed by atoms with Crippen LogP contribution in [0.25, 0.3) is 11.1 Å². The number of rotatable bonds is 4. The summed E-state index contributed by atoms with van der Waals surface area (Å²) in [6, 6.07) is 20.8. The highest BCUT2D eigenvalue weighted by Crippen LogP contribution is 2.17. The summed E-state index contributed by atoms with van der Waals surface area (Å²) >= 11 is 0. The van der Waals surface area contributed by atoms with Crippen LogP contribution in [-0.4, -0.2) is 44.6 Å². The van der Waals surface area contributed by atoms with Crippen LogP contribution >= 0.6 is 0 Å². The van der Waals surface area contributed by atoms with E-state index in [2.05, 4.69) is 48.5 Å². The molecule has 2 aromatic carbocycles. The topological polar surface area (TPSA) is 115 Å². The van der Waals surface area contributed by atoms with Crippen LogP contribution in [0.15, 0.2) is 60.7 Å². The number of carbonyl (C=O) groups is 2. The van der Waals surface area contributed by atoms with Crippen LogP contribution in [0, 0.1) is 0 Å². The molecule has 0 aliphatic carbocycles. The van der Waals surface area contributed by atoms with E-state index in [1.807, 2.05) is 12.1 Å². The van der Waals surface area contributed by atoms with Gasteiger partial charge < -0.3 is 20.4 Å².